The molecule has 0 amide bonds. The first kappa shape index (κ1) is 14.3. The van der Waals surface area contributed by atoms with Gasteiger partial charge in [0.25, 0.3) is 0 Å². The van der Waals surface area contributed by atoms with Crippen molar-refractivity contribution in [3.63, 3.8) is 0 Å². The van der Waals surface area contributed by atoms with Crippen molar-refractivity contribution in [3.05, 3.63) is 36.9 Å². The van der Waals surface area contributed by atoms with E-state index in [9.17, 15) is 0 Å². The predicted octanol–water partition coefficient (Wildman–Crippen LogP) is 1.85. The van der Waals surface area contributed by atoms with Gasteiger partial charge in [-0.3, -0.25) is 4.57 Å². The molecule has 22 heavy (non-hydrogen) atoms. The highest BCUT2D eigenvalue weighted by atomic mass is 16.5. The van der Waals surface area contributed by atoms with E-state index in [-0.39, 0.29) is 0 Å². The molecule has 0 aliphatic heterocycles. The molecule has 2 heterocycles. The molecule has 0 bridgehead atoms. The molecule has 7 nitrogen and oxygen atoms in total. The molecule has 0 fully saturated rings. The lowest BCUT2D eigenvalue weighted by Gasteiger charge is -2.11. The third kappa shape index (κ3) is 2.71. The van der Waals surface area contributed by atoms with Gasteiger partial charge in [-0.15, -0.1) is 0 Å². The van der Waals surface area contributed by atoms with Crippen molar-refractivity contribution in [2.75, 3.05) is 31.3 Å². The Hall–Kier alpha value is -2.67. The summed E-state index contributed by atoms with van der Waals surface area (Å²) in [5, 5.41) is 3.21. The molecule has 0 unspecified atom stereocenters. The zero-order chi connectivity index (χ0) is 15.4. The topological polar surface area (TPSA) is 90.9 Å². The number of ether oxygens (including phenoxy) is 1. The van der Waals surface area contributed by atoms with Gasteiger partial charge in [-0.25, -0.2) is 15.0 Å². The molecule has 3 aromatic rings. The van der Waals surface area contributed by atoms with E-state index in [1.807, 2.05) is 28.8 Å². The van der Waals surface area contributed by atoms with Gasteiger partial charge in [-0.2, -0.15) is 0 Å². The highest BCUT2D eigenvalue weighted by Gasteiger charge is 2.12. The summed E-state index contributed by atoms with van der Waals surface area (Å²) in [6.07, 6.45) is 4.10. The van der Waals surface area contributed by atoms with Crippen LogP contribution in [0.15, 0.2) is 36.9 Å². The maximum atomic E-state index is 6.21. The first-order valence-electron chi connectivity index (χ1n) is 7.07. The summed E-state index contributed by atoms with van der Waals surface area (Å²) in [5.41, 5.74) is 8.57. The Morgan fingerprint density at radius 3 is 2.95 bits per heavy atom. The van der Waals surface area contributed by atoms with Crippen LogP contribution < -0.4 is 11.1 Å². The fourth-order valence-electron chi connectivity index (χ4n) is 2.27. The summed E-state index contributed by atoms with van der Waals surface area (Å²) in [6.45, 7) is 1.43. The average molecular weight is 298 g/mol. The monoisotopic (exact) mass is 298 g/mol. The lowest BCUT2D eigenvalue weighted by Crippen LogP contribution is -2.11. The Morgan fingerprint density at radius 2 is 2.09 bits per heavy atom. The summed E-state index contributed by atoms with van der Waals surface area (Å²) in [6, 6.07) is 7.84. The second-order valence-corrected chi connectivity index (χ2v) is 4.84. The second-order valence-electron chi connectivity index (χ2n) is 4.84. The van der Waals surface area contributed by atoms with Crippen molar-refractivity contribution in [1.29, 1.82) is 0 Å². The minimum Gasteiger partial charge on any atom is -0.393 e. The van der Waals surface area contributed by atoms with Crippen LogP contribution in [-0.4, -0.2) is 39.8 Å². The van der Waals surface area contributed by atoms with Crippen molar-refractivity contribution in [2.45, 2.75) is 6.42 Å². The molecule has 1 aromatic carbocycles. The highest BCUT2D eigenvalue weighted by Crippen LogP contribution is 2.24. The summed E-state index contributed by atoms with van der Waals surface area (Å²) < 4.78 is 6.89. The quantitative estimate of drug-likeness (QED) is 0.675. The van der Waals surface area contributed by atoms with Crippen LogP contribution in [0.4, 0.5) is 11.5 Å². The van der Waals surface area contributed by atoms with Gasteiger partial charge in [0.15, 0.2) is 11.6 Å². The van der Waals surface area contributed by atoms with Gasteiger partial charge in [0.2, 0.25) is 0 Å². The van der Waals surface area contributed by atoms with Crippen molar-refractivity contribution in [1.82, 2.24) is 19.5 Å². The van der Waals surface area contributed by atoms with Crippen LogP contribution in [0.5, 0.6) is 0 Å². The Kier molecular flexibility index (Phi) is 4.15. The van der Waals surface area contributed by atoms with Crippen LogP contribution in [-0.2, 0) is 4.74 Å². The zero-order valence-electron chi connectivity index (χ0n) is 12.4. The second kappa shape index (κ2) is 6.40. The number of imidazole rings is 1. The van der Waals surface area contributed by atoms with Crippen LogP contribution in [0.25, 0.3) is 16.9 Å². The van der Waals surface area contributed by atoms with E-state index in [0.717, 1.165) is 24.0 Å². The molecule has 0 atom stereocenters. The number of nitrogens with zero attached hydrogens (tertiary/aromatic N) is 4. The maximum absolute atomic E-state index is 6.21. The molecule has 3 rings (SSSR count). The molecule has 3 N–H and O–H groups in total. The molecular formula is C15H18N6O. The predicted molar refractivity (Wildman–Crippen MR) is 86.1 cm³/mol. The van der Waals surface area contributed by atoms with Crippen LogP contribution >= 0.6 is 0 Å². The van der Waals surface area contributed by atoms with Gasteiger partial charge in [-0.05, 0) is 18.6 Å². The smallest absolute Gasteiger partial charge is 0.167 e. The molecule has 114 valence electrons. The largest absolute Gasteiger partial charge is 0.393 e. The first-order valence-corrected chi connectivity index (χ1v) is 7.07. The third-order valence-corrected chi connectivity index (χ3v) is 3.36. The lowest BCUT2D eigenvalue weighted by molar-refractivity contribution is 0.198. The van der Waals surface area contributed by atoms with E-state index >= 15 is 0 Å². The van der Waals surface area contributed by atoms with E-state index in [4.69, 9.17) is 10.5 Å². The minimum atomic E-state index is 0.503. The highest BCUT2D eigenvalue weighted by molar-refractivity contribution is 5.80. The van der Waals surface area contributed by atoms with Crippen molar-refractivity contribution >= 4 is 22.5 Å². The van der Waals surface area contributed by atoms with Crippen molar-refractivity contribution in [2.24, 2.45) is 0 Å². The molecular weight excluding hydrogens is 280 g/mol. The van der Waals surface area contributed by atoms with Crippen LogP contribution in [0, 0.1) is 0 Å². The maximum Gasteiger partial charge on any atom is 0.167 e. The molecule has 0 saturated heterocycles. The number of benzene rings is 1. The molecule has 7 heteroatoms. The van der Waals surface area contributed by atoms with Gasteiger partial charge < -0.3 is 15.8 Å². The first-order chi connectivity index (χ1) is 10.8. The van der Waals surface area contributed by atoms with E-state index < -0.39 is 0 Å². The average Bonchev–Trinajstić information content (AvgIpc) is 2.97. The number of nitrogen functional groups attached to an aromatic ring is 1. The Balaban J connectivity index is 1.91. The van der Waals surface area contributed by atoms with Crippen molar-refractivity contribution in [3.8, 4) is 5.82 Å². The number of fused-ring (bicyclic) bond motifs is 1. The summed E-state index contributed by atoms with van der Waals surface area (Å²) in [5.74, 6) is 1.25. The molecule has 0 aliphatic carbocycles. The van der Waals surface area contributed by atoms with Crippen LogP contribution in [0.2, 0.25) is 0 Å². The standard InChI is InChI=1S/C15H18N6O/c1-22-8-4-7-17-14-13(16)15(19-9-18-14)21-10-20-11-5-2-3-6-12(11)21/h2-3,5-6,9-10H,4,7-8,16H2,1H3,(H,17,18,19). The number of rotatable bonds is 6. The number of nitrogens with one attached hydrogen (secondary N) is 1. The van der Waals surface area contributed by atoms with Gasteiger partial charge in [0.1, 0.15) is 18.3 Å². The summed E-state index contributed by atoms with van der Waals surface area (Å²) in [7, 11) is 1.68. The van der Waals surface area contributed by atoms with Gasteiger partial charge in [-0.1, -0.05) is 12.1 Å². The summed E-state index contributed by atoms with van der Waals surface area (Å²) >= 11 is 0. The number of anilines is 2. The zero-order valence-corrected chi connectivity index (χ0v) is 12.4. The molecule has 2 aromatic heterocycles. The number of aromatic nitrogens is 4. The number of para-hydroxylation sites is 2. The molecule has 0 spiro atoms. The fraction of sp³-hybridized carbons (Fsp3) is 0.267. The van der Waals surface area contributed by atoms with Crippen LogP contribution in [0.1, 0.15) is 6.42 Å². The third-order valence-electron chi connectivity index (χ3n) is 3.36. The molecule has 0 radical (unpaired) electrons. The van der Waals surface area contributed by atoms with Gasteiger partial charge in [0, 0.05) is 20.3 Å². The number of hydrogen-bond donors (Lipinski definition) is 2. The number of methoxy groups -OCH3 is 1. The van der Waals surface area contributed by atoms with E-state index in [1.54, 1.807) is 13.4 Å². The SMILES string of the molecule is COCCCNc1ncnc(-n2cnc3ccccc32)c1N. The van der Waals surface area contributed by atoms with E-state index in [2.05, 4.69) is 20.3 Å². The lowest BCUT2D eigenvalue weighted by atomic mass is 10.3. The minimum absolute atomic E-state index is 0.503. The Bertz CT molecular complexity index is 770. The summed E-state index contributed by atoms with van der Waals surface area (Å²) in [4.78, 5) is 12.9. The molecule has 0 aliphatic rings. The van der Waals surface area contributed by atoms with Crippen LogP contribution in [0.3, 0.4) is 0 Å². The Morgan fingerprint density at radius 1 is 1.23 bits per heavy atom. The fourth-order valence-corrected chi connectivity index (χ4v) is 2.27. The number of hydrogen-bond acceptors (Lipinski definition) is 6. The van der Waals surface area contributed by atoms with E-state index in [0.29, 0.717) is 23.9 Å². The Labute approximate surface area is 128 Å². The van der Waals surface area contributed by atoms with E-state index in [1.165, 1.54) is 6.33 Å². The van der Waals surface area contributed by atoms with Gasteiger partial charge in [0.05, 0.1) is 11.0 Å². The number of nitrogens with two attached hydrogens (primary N) is 1. The molecule has 0 saturated carbocycles. The van der Waals surface area contributed by atoms with Crippen molar-refractivity contribution < 1.29 is 4.74 Å². The normalized spacial score (nSPS) is 11.0. The van der Waals surface area contributed by atoms with Gasteiger partial charge >= 0.3 is 0 Å².